The molecule has 1 fully saturated rings. The zero-order valence-corrected chi connectivity index (χ0v) is 17.1. The number of halogens is 1. The number of thiophene rings is 1. The van der Waals surface area contributed by atoms with Crippen LogP contribution >= 0.6 is 22.9 Å². The van der Waals surface area contributed by atoms with Crippen LogP contribution in [-0.2, 0) is 6.42 Å². The van der Waals surface area contributed by atoms with Crippen molar-refractivity contribution in [1.29, 1.82) is 0 Å². The van der Waals surface area contributed by atoms with Crippen LogP contribution in [0.15, 0.2) is 24.3 Å². The number of nitrogens with zero attached hydrogens (tertiary/aromatic N) is 3. The summed E-state index contributed by atoms with van der Waals surface area (Å²) < 4.78 is 0. The predicted octanol–water partition coefficient (Wildman–Crippen LogP) is 6.12. The fourth-order valence-electron chi connectivity index (χ4n) is 3.73. The summed E-state index contributed by atoms with van der Waals surface area (Å²) in [5, 5.41) is 1.53. The topological polar surface area (TPSA) is 29.0 Å². The molecule has 0 aliphatic carbocycles. The Bertz CT molecular complexity index is 925. The number of rotatable bonds is 3. The molecule has 2 aromatic heterocycles. The third kappa shape index (κ3) is 3.21. The second-order valence-electron chi connectivity index (χ2n) is 7.29. The van der Waals surface area contributed by atoms with E-state index in [1.165, 1.54) is 39.8 Å². The predicted molar refractivity (Wildman–Crippen MR) is 113 cm³/mol. The van der Waals surface area contributed by atoms with Crippen LogP contribution in [0.5, 0.6) is 0 Å². The lowest BCUT2D eigenvalue weighted by Crippen LogP contribution is -2.33. The van der Waals surface area contributed by atoms with Crippen LogP contribution in [0.4, 0.5) is 5.82 Å². The number of fused-ring (bicyclic) bond motifs is 1. The summed E-state index contributed by atoms with van der Waals surface area (Å²) in [5.74, 6) is 1.79. The third-order valence-corrected chi connectivity index (χ3v) is 6.72. The van der Waals surface area contributed by atoms with E-state index < -0.39 is 0 Å². The Kier molecular flexibility index (Phi) is 4.89. The molecule has 1 aliphatic rings. The summed E-state index contributed by atoms with van der Waals surface area (Å²) in [6, 6.07) is 8.79. The summed E-state index contributed by atoms with van der Waals surface area (Å²) in [6.07, 6.45) is 3.39. The molecule has 0 saturated carbocycles. The minimum Gasteiger partial charge on any atom is -0.356 e. The van der Waals surface area contributed by atoms with E-state index in [-0.39, 0.29) is 0 Å². The van der Waals surface area contributed by atoms with Crippen LogP contribution in [0.3, 0.4) is 0 Å². The Morgan fingerprint density at radius 2 is 1.85 bits per heavy atom. The quantitative estimate of drug-likeness (QED) is 0.508. The monoisotopic (exact) mass is 385 g/mol. The average molecular weight is 386 g/mol. The van der Waals surface area contributed by atoms with Crippen molar-refractivity contribution in [1.82, 2.24) is 9.97 Å². The zero-order chi connectivity index (χ0) is 18.3. The van der Waals surface area contributed by atoms with Gasteiger partial charge >= 0.3 is 0 Å². The van der Waals surface area contributed by atoms with E-state index in [0.717, 1.165) is 36.1 Å². The highest BCUT2D eigenvalue weighted by Crippen LogP contribution is 2.43. The fourth-order valence-corrected chi connectivity index (χ4v) is 5.07. The first-order valence-electron chi connectivity index (χ1n) is 9.37. The van der Waals surface area contributed by atoms with Gasteiger partial charge in [-0.3, -0.25) is 0 Å². The first-order valence-corrected chi connectivity index (χ1v) is 10.6. The molecule has 1 saturated heterocycles. The van der Waals surface area contributed by atoms with Gasteiger partial charge in [0.1, 0.15) is 10.6 Å². The molecule has 136 valence electrons. The Balaban J connectivity index is 1.94. The zero-order valence-electron chi connectivity index (χ0n) is 15.6. The number of aromatic nitrogens is 2. The largest absolute Gasteiger partial charge is 0.356 e. The van der Waals surface area contributed by atoms with Crippen LogP contribution in [0.2, 0.25) is 5.28 Å². The number of benzene rings is 1. The molecule has 26 heavy (non-hydrogen) atoms. The van der Waals surface area contributed by atoms with E-state index in [1.54, 1.807) is 11.3 Å². The maximum atomic E-state index is 6.30. The second-order valence-corrected chi connectivity index (χ2v) is 8.71. The molecular formula is C21H24ClN3S. The SMILES string of the molecule is CCc1sc2nc(Cl)nc(N3CCC(C)CC3)c2c1-c1ccc(C)cc1. The molecule has 0 atom stereocenters. The van der Waals surface area contributed by atoms with Crippen LogP contribution in [0.25, 0.3) is 21.3 Å². The number of aryl methyl sites for hydroxylation is 2. The smallest absolute Gasteiger partial charge is 0.225 e. The molecule has 0 radical (unpaired) electrons. The van der Waals surface area contributed by atoms with E-state index in [9.17, 15) is 0 Å². The summed E-state index contributed by atoms with van der Waals surface area (Å²) in [6.45, 7) is 8.74. The molecule has 5 heteroatoms. The van der Waals surface area contributed by atoms with Crippen molar-refractivity contribution >= 4 is 39.0 Å². The maximum Gasteiger partial charge on any atom is 0.225 e. The first kappa shape index (κ1) is 17.7. The minimum absolute atomic E-state index is 0.352. The molecule has 4 rings (SSSR count). The lowest BCUT2D eigenvalue weighted by Gasteiger charge is -2.31. The summed E-state index contributed by atoms with van der Waals surface area (Å²) in [5.41, 5.74) is 3.81. The standard InChI is InChI=1S/C21H24ClN3S/c1-4-16-17(15-7-5-13(2)6-8-15)18-19(23-21(22)24-20(18)26-16)25-11-9-14(3)10-12-25/h5-8,14H,4,9-12H2,1-3H3. The second kappa shape index (κ2) is 7.16. The Hall–Kier alpha value is -1.65. The molecule has 0 unspecified atom stereocenters. The normalized spacial score (nSPS) is 15.8. The Morgan fingerprint density at radius 1 is 1.15 bits per heavy atom. The van der Waals surface area contributed by atoms with Gasteiger partial charge in [-0.25, -0.2) is 4.98 Å². The Morgan fingerprint density at radius 3 is 2.50 bits per heavy atom. The molecule has 3 heterocycles. The van der Waals surface area contributed by atoms with Gasteiger partial charge in [-0.15, -0.1) is 11.3 Å². The van der Waals surface area contributed by atoms with Crippen molar-refractivity contribution in [2.24, 2.45) is 5.92 Å². The number of anilines is 1. The first-order chi connectivity index (χ1) is 12.6. The molecule has 3 aromatic rings. The maximum absolute atomic E-state index is 6.30. The van der Waals surface area contributed by atoms with Crippen molar-refractivity contribution in [2.75, 3.05) is 18.0 Å². The van der Waals surface area contributed by atoms with Gasteiger partial charge in [-0.1, -0.05) is 43.7 Å². The third-order valence-electron chi connectivity index (χ3n) is 5.32. The molecular weight excluding hydrogens is 362 g/mol. The van der Waals surface area contributed by atoms with Crippen LogP contribution in [-0.4, -0.2) is 23.1 Å². The molecule has 0 amide bonds. The van der Waals surface area contributed by atoms with Gasteiger partial charge in [0.05, 0.1) is 5.39 Å². The molecule has 0 spiro atoms. The van der Waals surface area contributed by atoms with Gasteiger partial charge in [0, 0.05) is 23.5 Å². The summed E-state index contributed by atoms with van der Waals surface area (Å²) in [4.78, 5) is 14.0. The summed E-state index contributed by atoms with van der Waals surface area (Å²) in [7, 11) is 0. The van der Waals surface area contributed by atoms with E-state index in [4.69, 9.17) is 11.6 Å². The van der Waals surface area contributed by atoms with Crippen molar-refractivity contribution in [3.05, 3.63) is 40.0 Å². The summed E-state index contributed by atoms with van der Waals surface area (Å²) >= 11 is 8.05. The lowest BCUT2D eigenvalue weighted by molar-refractivity contribution is 0.437. The highest BCUT2D eigenvalue weighted by Gasteiger charge is 2.24. The van der Waals surface area contributed by atoms with Gasteiger partial charge in [0.25, 0.3) is 0 Å². The Labute approximate surface area is 164 Å². The molecule has 1 aromatic carbocycles. The van der Waals surface area contributed by atoms with Gasteiger partial charge in [-0.2, -0.15) is 4.98 Å². The minimum atomic E-state index is 0.352. The molecule has 0 N–H and O–H groups in total. The van der Waals surface area contributed by atoms with Crippen molar-refractivity contribution in [3.63, 3.8) is 0 Å². The highest BCUT2D eigenvalue weighted by molar-refractivity contribution is 7.19. The molecule has 0 bridgehead atoms. The molecule has 3 nitrogen and oxygen atoms in total. The van der Waals surface area contributed by atoms with E-state index >= 15 is 0 Å². The number of hydrogen-bond acceptors (Lipinski definition) is 4. The van der Waals surface area contributed by atoms with Crippen LogP contribution < -0.4 is 4.90 Å². The van der Waals surface area contributed by atoms with Crippen LogP contribution in [0, 0.1) is 12.8 Å². The van der Waals surface area contributed by atoms with E-state index in [1.807, 2.05) is 0 Å². The van der Waals surface area contributed by atoms with Crippen molar-refractivity contribution < 1.29 is 0 Å². The lowest BCUT2D eigenvalue weighted by atomic mass is 9.97. The van der Waals surface area contributed by atoms with Gasteiger partial charge in [-0.05, 0) is 49.3 Å². The number of piperidine rings is 1. The fraction of sp³-hybridized carbons (Fsp3) is 0.429. The average Bonchev–Trinajstić information content (AvgIpc) is 3.00. The van der Waals surface area contributed by atoms with E-state index in [2.05, 4.69) is 59.9 Å². The van der Waals surface area contributed by atoms with Crippen molar-refractivity contribution in [3.8, 4) is 11.1 Å². The van der Waals surface area contributed by atoms with Crippen LogP contribution in [0.1, 0.15) is 37.1 Å². The van der Waals surface area contributed by atoms with Gasteiger partial charge in [0.2, 0.25) is 5.28 Å². The van der Waals surface area contributed by atoms with Gasteiger partial charge in [0.15, 0.2) is 0 Å². The molecule has 1 aliphatic heterocycles. The van der Waals surface area contributed by atoms with E-state index in [0.29, 0.717) is 5.28 Å². The van der Waals surface area contributed by atoms with Gasteiger partial charge < -0.3 is 4.90 Å². The van der Waals surface area contributed by atoms with Crippen molar-refractivity contribution in [2.45, 2.75) is 40.0 Å². The highest BCUT2D eigenvalue weighted by atomic mass is 35.5. The number of hydrogen-bond donors (Lipinski definition) is 0.